The number of aliphatic hydroxyl groups excluding tert-OH is 1. The first-order valence-corrected chi connectivity index (χ1v) is 10.8. The Balaban J connectivity index is 1.72. The molecular weight excluding hydrogens is 430 g/mol. The second-order valence-corrected chi connectivity index (χ2v) is 9.54. The van der Waals surface area contributed by atoms with Crippen molar-refractivity contribution in [3.05, 3.63) is 53.7 Å². The van der Waals surface area contributed by atoms with Crippen LogP contribution >= 0.6 is 0 Å². The molecule has 2 amide bonds. The van der Waals surface area contributed by atoms with Crippen LogP contribution in [0, 0.1) is 17.0 Å². The van der Waals surface area contributed by atoms with Crippen LogP contribution in [0.4, 0.5) is 8.78 Å². The predicted octanol–water partition coefficient (Wildman–Crippen LogP) is 2.54. The van der Waals surface area contributed by atoms with Crippen LogP contribution < -0.4 is 11.1 Å². The van der Waals surface area contributed by atoms with Crippen LogP contribution in [0.15, 0.2) is 36.5 Å². The van der Waals surface area contributed by atoms with Gasteiger partial charge in [0.2, 0.25) is 11.8 Å². The summed E-state index contributed by atoms with van der Waals surface area (Å²) in [6.07, 6.45) is 0.739. The number of amides is 2. The van der Waals surface area contributed by atoms with E-state index in [-0.39, 0.29) is 30.1 Å². The number of carbonyl (C=O) groups is 2. The zero-order valence-electron chi connectivity index (χ0n) is 19.2. The highest BCUT2D eigenvalue weighted by atomic mass is 19.1. The molecule has 1 aromatic heterocycles. The zero-order chi connectivity index (χ0) is 24.5. The molecule has 3 rings (SSSR count). The van der Waals surface area contributed by atoms with Crippen LogP contribution in [0.1, 0.15) is 45.7 Å². The molecule has 0 bridgehead atoms. The summed E-state index contributed by atoms with van der Waals surface area (Å²) in [6, 6.07) is 4.56. The second kappa shape index (κ2) is 9.52. The van der Waals surface area contributed by atoms with Gasteiger partial charge in [0.05, 0.1) is 29.4 Å². The van der Waals surface area contributed by atoms with Gasteiger partial charge in [-0.1, -0.05) is 32.9 Å². The van der Waals surface area contributed by atoms with Crippen molar-refractivity contribution in [1.82, 2.24) is 15.2 Å². The largest absolute Gasteiger partial charge is 0.391 e. The first-order chi connectivity index (χ1) is 15.4. The van der Waals surface area contributed by atoms with Crippen molar-refractivity contribution in [1.29, 1.82) is 0 Å². The van der Waals surface area contributed by atoms with Crippen LogP contribution in [0.3, 0.4) is 0 Å². The van der Waals surface area contributed by atoms with Gasteiger partial charge in [0.25, 0.3) is 0 Å². The van der Waals surface area contributed by atoms with Gasteiger partial charge in [-0.3, -0.25) is 14.6 Å². The molecule has 1 aliphatic heterocycles. The molecule has 0 radical (unpaired) electrons. The van der Waals surface area contributed by atoms with E-state index in [1.165, 1.54) is 23.2 Å². The smallest absolute Gasteiger partial charge is 0.243 e. The highest BCUT2D eigenvalue weighted by Crippen LogP contribution is 2.27. The Morgan fingerprint density at radius 1 is 1.21 bits per heavy atom. The first-order valence-electron chi connectivity index (χ1n) is 10.8. The molecule has 2 aromatic rings. The SMILES string of the molecule is C[C@H](NC(=O)[C@@H]1C[C@@H](O)CN1C(=O)[C@@H](N)C(C)(C)C)c1ccc(-c2c(F)cccc2F)nc1. The summed E-state index contributed by atoms with van der Waals surface area (Å²) in [4.78, 5) is 31.3. The molecule has 0 unspecified atom stereocenters. The number of nitrogens with zero attached hydrogens (tertiary/aromatic N) is 2. The van der Waals surface area contributed by atoms with E-state index in [1.54, 1.807) is 13.0 Å². The standard InChI is InChI=1S/C24H30F2N4O3/c1-13(14-8-9-18(28-11-14)20-16(25)6-5-7-17(20)26)29-22(32)19-10-15(31)12-30(19)23(33)21(27)24(2,3)4/h5-9,11,13,15,19,21,31H,10,12,27H2,1-4H3,(H,29,32)/t13-,15+,19-,21+/m0/s1. The number of carbonyl (C=O) groups excluding carboxylic acids is 2. The second-order valence-electron chi connectivity index (χ2n) is 9.54. The average molecular weight is 461 g/mol. The van der Waals surface area contributed by atoms with Gasteiger partial charge in [0.15, 0.2) is 0 Å². The average Bonchev–Trinajstić information content (AvgIpc) is 3.14. The fraction of sp³-hybridized carbons (Fsp3) is 0.458. The van der Waals surface area contributed by atoms with Crippen molar-refractivity contribution < 1.29 is 23.5 Å². The lowest BCUT2D eigenvalue weighted by Crippen LogP contribution is -2.55. The van der Waals surface area contributed by atoms with Gasteiger partial charge < -0.3 is 21.1 Å². The normalized spacial score (nSPS) is 20.4. The lowest BCUT2D eigenvalue weighted by atomic mass is 9.86. The third kappa shape index (κ3) is 5.36. The molecule has 0 aliphatic carbocycles. The molecule has 1 fully saturated rings. The van der Waals surface area contributed by atoms with Gasteiger partial charge in [-0.25, -0.2) is 8.78 Å². The lowest BCUT2D eigenvalue weighted by molar-refractivity contribution is -0.141. The maximum atomic E-state index is 14.0. The number of pyridine rings is 1. The number of rotatable bonds is 5. The zero-order valence-corrected chi connectivity index (χ0v) is 19.2. The van der Waals surface area contributed by atoms with Crippen molar-refractivity contribution in [3.8, 4) is 11.3 Å². The van der Waals surface area contributed by atoms with E-state index in [2.05, 4.69) is 10.3 Å². The van der Waals surface area contributed by atoms with E-state index in [0.717, 1.165) is 12.1 Å². The third-order valence-electron chi connectivity index (χ3n) is 5.93. The Morgan fingerprint density at radius 3 is 2.39 bits per heavy atom. The minimum Gasteiger partial charge on any atom is -0.391 e. The molecule has 33 heavy (non-hydrogen) atoms. The maximum Gasteiger partial charge on any atom is 0.243 e. The summed E-state index contributed by atoms with van der Waals surface area (Å²) in [6.45, 7) is 7.28. The lowest BCUT2D eigenvalue weighted by Gasteiger charge is -2.32. The summed E-state index contributed by atoms with van der Waals surface area (Å²) >= 11 is 0. The van der Waals surface area contributed by atoms with Gasteiger partial charge in [-0.2, -0.15) is 0 Å². The molecule has 1 aliphatic rings. The highest BCUT2D eigenvalue weighted by Gasteiger charge is 2.42. The van der Waals surface area contributed by atoms with E-state index in [1.807, 2.05) is 20.8 Å². The summed E-state index contributed by atoms with van der Waals surface area (Å²) in [5, 5.41) is 12.9. The van der Waals surface area contributed by atoms with Crippen molar-refractivity contribution in [2.75, 3.05) is 6.54 Å². The predicted molar refractivity (Wildman–Crippen MR) is 120 cm³/mol. The van der Waals surface area contributed by atoms with Crippen molar-refractivity contribution in [2.45, 2.75) is 58.3 Å². The van der Waals surface area contributed by atoms with Crippen LogP contribution in [-0.4, -0.2) is 51.5 Å². The molecular formula is C24H30F2N4O3. The van der Waals surface area contributed by atoms with Gasteiger partial charge in [0, 0.05) is 19.2 Å². The Morgan fingerprint density at radius 2 is 1.85 bits per heavy atom. The Kier molecular flexibility index (Phi) is 7.14. The van der Waals surface area contributed by atoms with Gasteiger partial charge in [-0.15, -0.1) is 0 Å². The number of aromatic nitrogens is 1. The number of aliphatic hydroxyl groups is 1. The quantitative estimate of drug-likeness (QED) is 0.636. The van der Waals surface area contributed by atoms with E-state index in [9.17, 15) is 23.5 Å². The number of hydrogen-bond acceptors (Lipinski definition) is 5. The van der Waals surface area contributed by atoms with Crippen LogP contribution in [0.25, 0.3) is 11.3 Å². The minimum absolute atomic E-state index is 0.0412. The summed E-state index contributed by atoms with van der Waals surface area (Å²) in [7, 11) is 0. The monoisotopic (exact) mass is 460 g/mol. The van der Waals surface area contributed by atoms with Crippen LogP contribution in [-0.2, 0) is 9.59 Å². The summed E-state index contributed by atoms with van der Waals surface area (Å²) in [5.41, 5.74) is 6.13. The molecule has 178 valence electrons. The number of nitrogens with two attached hydrogens (primary N) is 1. The summed E-state index contributed by atoms with van der Waals surface area (Å²) in [5.74, 6) is -2.23. The number of likely N-dealkylation sites (tertiary alicyclic amines) is 1. The molecule has 2 heterocycles. The van der Waals surface area contributed by atoms with Crippen molar-refractivity contribution >= 4 is 11.8 Å². The van der Waals surface area contributed by atoms with Gasteiger partial charge in [-0.05, 0) is 36.1 Å². The molecule has 0 spiro atoms. The first kappa shape index (κ1) is 24.7. The van der Waals surface area contributed by atoms with E-state index in [0.29, 0.717) is 5.56 Å². The fourth-order valence-electron chi connectivity index (χ4n) is 3.80. The van der Waals surface area contributed by atoms with Crippen LogP contribution in [0.2, 0.25) is 0 Å². The molecule has 7 nitrogen and oxygen atoms in total. The number of hydrogen-bond donors (Lipinski definition) is 3. The molecule has 4 N–H and O–H groups in total. The molecule has 1 aromatic carbocycles. The number of nitrogens with one attached hydrogen (secondary N) is 1. The maximum absolute atomic E-state index is 14.0. The van der Waals surface area contributed by atoms with Gasteiger partial charge in [0.1, 0.15) is 17.7 Å². The third-order valence-corrected chi connectivity index (χ3v) is 5.93. The van der Waals surface area contributed by atoms with Crippen molar-refractivity contribution in [2.24, 2.45) is 11.1 Å². The Hall–Kier alpha value is -2.91. The van der Waals surface area contributed by atoms with E-state index in [4.69, 9.17) is 5.73 Å². The molecule has 0 saturated carbocycles. The Labute approximate surface area is 192 Å². The minimum atomic E-state index is -0.844. The highest BCUT2D eigenvalue weighted by molar-refractivity contribution is 5.91. The number of benzene rings is 1. The van der Waals surface area contributed by atoms with Crippen molar-refractivity contribution in [3.63, 3.8) is 0 Å². The Bertz CT molecular complexity index is 1000. The van der Waals surface area contributed by atoms with E-state index >= 15 is 0 Å². The topological polar surface area (TPSA) is 109 Å². The number of β-amino-alcohol motifs (C(OH)–C–C–N with tert-alkyl or cyclic N) is 1. The van der Waals surface area contributed by atoms with E-state index < -0.39 is 47.2 Å². The number of halogens is 2. The fourth-order valence-corrected chi connectivity index (χ4v) is 3.80. The van der Waals surface area contributed by atoms with Crippen LogP contribution in [0.5, 0.6) is 0 Å². The summed E-state index contributed by atoms with van der Waals surface area (Å²) < 4.78 is 28.0. The molecule has 1 saturated heterocycles. The molecule has 9 heteroatoms. The molecule has 4 atom stereocenters. The van der Waals surface area contributed by atoms with Gasteiger partial charge >= 0.3 is 0 Å².